The van der Waals surface area contributed by atoms with Crippen LogP contribution >= 0.6 is 0 Å². The van der Waals surface area contributed by atoms with Crippen molar-refractivity contribution in [1.29, 1.82) is 0 Å². The molecule has 1 aromatic heterocycles. The van der Waals surface area contributed by atoms with Crippen molar-refractivity contribution in [1.82, 2.24) is 25.8 Å². The second-order valence-corrected chi connectivity index (χ2v) is 23.5. The second kappa shape index (κ2) is 21.4. The number of primary amides is 1. The molecule has 3 amide bonds. The number of nitrogens with one attached hydrogen (secondary N) is 4. The van der Waals surface area contributed by atoms with Gasteiger partial charge in [-0.05, 0) is 81.4 Å². The summed E-state index contributed by atoms with van der Waals surface area (Å²) in [5.74, 6) is -2.63. The minimum Gasteiger partial charge on any atom is -0.459 e. The third kappa shape index (κ3) is 16.7. The number of hydrogen-bond donors (Lipinski definition) is 5. The van der Waals surface area contributed by atoms with Gasteiger partial charge in [0.15, 0.2) is 0 Å². The Morgan fingerprint density at radius 1 is 0.862 bits per heavy atom. The van der Waals surface area contributed by atoms with Crippen LogP contribution in [0.1, 0.15) is 78.1 Å². The summed E-state index contributed by atoms with van der Waals surface area (Å²) in [6.07, 6.45) is 1.39. The monoisotopic (exact) mass is 826 g/mol. The maximum absolute atomic E-state index is 15.1. The molecule has 0 unspecified atom stereocenters. The molecule has 3 rings (SSSR count). The zero-order valence-electron chi connectivity index (χ0n) is 35.6. The maximum Gasteiger partial charge on any atom is 0.407 e. The highest BCUT2D eigenvalue weighted by atomic mass is 28.3. The lowest BCUT2D eigenvalue weighted by atomic mass is 9.84. The fourth-order valence-electron chi connectivity index (χ4n) is 6.20. The molecule has 0 aliphatic carbocycles. The third-order valence-corrected chi connectivity index (χ3v) is 10.9. The van der Waals surface area contributed by atoms with Crippen molar-refractivity contribution in [3.8, 4) is 11.1 Å². The van der Waals surface area contributed by atoms with Crippen LogP contribution in [0.5, 0.6) is 0 Å². The zero-order valence-corrected chi connectivity index (χ0v) is 36.6. The first-order valence-corrected chi connectivity index (χ1v) is 23.6. The molecule has 0 spiro atoms. The van der Waals surface area contributed by atoms with Crippen LogP contribution < -0.4 is 27.0 Å². The first-order chi connectivity index (χ1) is 27.0. The minimum absolute atomic E-state index is 0.0301. The molecule has 0 saturated carbocycles. The van der Waals surface area contributed by atoms with Crippen LogP contribution in [0.15, 0.2) is 60.8 Å². The van der Waals surface area contributed by atoms with Gasteiger partial charge in [-0.3, -0.25) is 14.4 Å². The highest BCUT2D eigenvalue weighted by Crippen LogP contribution is 2.37. The highest BCUT2D eigenvalue weighted by molar-refractivity contribution is 6.76. The van der Waals surface area contributed by atoms with Gasteiger partial charge >= 0.3 is 12.1 Å². The Morgan fingerprint density at radius 3 is 2.17 bits per heavy atom. The molecule has 0 bridgehead atoms. The fourth-order valence-corrected chi connectivity index (χ4v) is 6.92. The van der Waals surface area contributed by atoms with Crippen molar-refractivity contribution < 1.29 is 37.4 Å². The Balaban J connectivity index is 1.82. The van der Waals surface area contributed by atoms with E-state index in [1.54, 1.807) is 20.8 Å². The first-order valence-electron chi connectivity index (χ1n) is 19.9. The van der Waals surface area contributed by atoms with Crippen LogP contribution in [0.3, 0.4) is 0 Å². The lowest BCUT2D eigenvalue weighted by Gasteiger charge is -2.33. The largest absolute Gasteiger partial charge is 0.459 e. The van der Waals surface area contributed by atoms with Crippen molar-refractivity contribution in [2.45, 2.75) is 117 Å². The molecule has 12 nitrogen and oxygen atoms in total. The standard InChI is InChI=1S/C43H64F2N6O6Si/c1-42(2,3)38(36-25-30(32-26-31(44)15-16-33(32)45)28-51(36)27-29-13-11-10-12-14-29)48-20-19-34(50-41(55)56-23-24-58(7,8)9)39(53)49-22-21-47-35(17-18-37(46)52)40(54)57-43(4,5)6/h10-16,25-26,28,34-35,38,47-48H,17-24,27H2,1-9H3,(H2,46,52)(H,49,53)(H,50,55)/t34-,35+,38-/m0/s1. The maximum atomic E-state index is 15.1. The lowest BCUT2D eigenvalue weighted by molar-refractivity contribution is -0.157. The van der Waals surface area contributed by atoms with E-state index in [4.69, 9.17) is 15.2 Å². The van der Waals surface area contributed by atoms with E-state index < -0.39 is 66.7 Å². The molecule has 320 valence electrons. The zero-order chi connectivity index (χ0) is 43.3. The smallest absolute Gasteiger partial charge is 0.407 e. The predicted molar refractivity (Wildman–Crippen MR) is 226 cm³/mol. The first kappa shape index (κ1) is 47.8. The molecule has 6 N–H and O–H groups in total. The van der Waals surface area contributed by atoms with E-state index in [0.717, 1.165) is 29.4 Å². The fraction of sp³-hybridized carbons (Fsp3) is 0.535. The molecule has 0 saturated heterocycles. The molecule has 0 radical (unpaired) electrons. The molecule has 58 heavy (non-hydrogen) atoms. The summed E-state index contributed by atoms with van der Waals surface area (Å²) in [7, 11) is -1.49. The lowest BCUT2D eigenvalue weighted by Crippen LogP contribution is -2.50. The van der Waals surface area contributed by atoms with Crippen molar-refractivity contribution in [2.75, 3.05) is 26.2 Å². The quantitative estimate of drug-likeness (QED) is 0.0452. The SMILES string of the molecule is CC(C)(C)OC(=O)[C@@H](CCC(N)=O)NCCNC(=O)[C@H](CCN[C@@H](c1cc(-c2cc(F)ccc2F)cn1Cc1ccccc1)C(C)(C)C)NC(=O)OCC[Si](C)(C)C. The number of ether oxygens (including phenoxy) is 2. The summed E-state index contributed by atoms with van der Waals surface area (Å²) in [6.45, 7) is 19.2. The van der Waals surface area contributed by atoms with Gasteiger partial charge in [0.1, 0.15) is 29.3 Å². The van der Waals surface area contributed by atoms with E-state index in [1.165, 1.54) is 6.07 Å². The number of hydrogen-bond acceptors (Lipinski definition) is 8. The summed E-state index contributed by atoms with van der Waals surface area (Å²) < 4.78 is 42.4. The van der Waals surface area contributed by atoms with Crippen LogP contribution in [0.25, 0.3) is 11.1 Å². The molecular formula is C43H64F2N6O6Si. The van der Waals surface area contributed by atoms with Crippen LogP contribution in [0.2, 0.25) is 25.7 Å². The van der Waals surface area contributed by atoms with E-state index in [2.05, 4.69) is 61.7 Å². The number of esters is 1. The van der Waals surface area contributed by atoms with Gasteiger partial charge in [0.05, 0.1) is 12.6 Å². The second-order valence-electron chi connectivity index (χ2n) is 17.9. The Hall–Kier alpha value is -4.60. The van der Waals surface area contributed by atoms with Gasteiger partial charge in [-0.2, -0.15) is 0 Å². The molecule has 15 heteroatoms. The molecule has 3 aromatic rings. The van der Waals surface area contributed by atoms with Crippen molar-refractivity contribution in [3.05, 3.63) is 83.7 Å². The summed E-state index contributed by atoms with van der Waals surface area (Å²) >= 11 is 0. The number of benzene rings is 2. The summed E-state index contributed by atoms with van der Waals surface area (Å²) in [4.78, 5) is 50.9. The van der Waals surface area contributed by atoms with E-state index >= 15 is 4.39 Å². The van der Waals surface area contributed by atoms with E-state index in [0.29, 0.717) is 12.1 Å². The Kier molecular flexibility index (Phi) is 17.6. The van der Waals surface area contributed by atoms with Crippen molar-refractivity contribution in [3.63, 3.8) is 0 Å². The average Bonchev–Trinajstić information content (AvgIpc) is 3.50. The van der Waals surface area contributed by atoms with Gasteiger partial charge < -0.3 is 41.0 Å². The van der Waals surface area contributed by atoms with Crippen LogP contribution in [0, 0.1) is 17.0 Å². The van der Waals surface area contributed by atoms with Gasteiger partial charge in [0, 0.05) is 57.1 Å². The number of aromatic nitrogens is 1. The van der Waals surface area contributed by atoms with E-state index in [9.17, 15) is 23.6 Å². The van der Waals surface area contributed by atoms with Gasteiger partial charge in [0.25, 0.3) is 0 Å². The molecule has 0 aliphatic rings. The summed E-state index contributed by atoms with van der Waals surface area (Å²) in [5, 5.41) is 12.2. The van der Waals surface area contributed by atoms with Gasteiger partial charge in [-0.1, -0.05) is 70.7 Å². The molecule has 2 aromatic carbocycles. The third-order valence-electron chi connectivity index (χ3n) is 9.19. The van der Waals surface area contributed by atoms with Crippen LogP contribution in [-0.4, -0.2) is 80.4 Å². The average molecular weight is 827 g/mol. The van der Waals surface area contributed by atoms with Gasteiger partial charge in [-0.25, -0.2) is 13.6 Å². The molecule has 3 atom stereocenters. The molecule has 1 heterocycles. The Labute approximate surface area is 343 Å². The Bertz CT molecular complexity index is 1820. The highest BCUT2D eigenvalue weighted by Gasteiger charge is 2.31. The van der Waals surface area contributed by atoms with E-state index in [1.807, 2.05) is 47.2 Å². The summed E-state index contributed by atoms with van der Waals surface area (Å²) in [6, 6.07) is 13.7. The van der Waals surface area contributed by atoms with Crippen molar-refractivity contribution in [2.24, 2.45) is 11.1 Å². The number of halogens is 2. The van der Waals surface area contributed by atoms with Crippen LogP contribution in [-0.2, 0) is 30.4 Å². The number of carbonyl (C=O) groups is 4. The number of carbonyl (C=O) groups excluding carboxylic acids is 4. The van der Waals surface area contributed by atoms with Crippen molar-refractivity contribution >= 4 is 32.0 Å². The number of nitrogens with zero attached hydrogens (tertiary/aromatic N) is 1. The van der Waals surface area contributed by atoms with E-state index in [-0.39, 0.29) is 57.1 Å². The molecule has 0 aliphatic heterocycles. The topological polar surface area (TPSA) is 166 Å². The number of amides is 3. The van der Waals surface area contributed by atoms with Gasteiger partial charge in [0.2, 0.25) is 11.8 Å². The van der Waals surface area contributed by atoms with Crippen LogP contribution in [0.4, 0.5) is 13.6 Å². The predicted octanol–water partition coefficient (Wildman–Crippen LogP) is 6.66. The van der Waals surface area contributed by atoms with Gasteiger partial charge in [-0.15, -0.1) is 0 Å². The molecular weight excluding hydrogens is 763 g/mol. The summed E-state index contributed by atoms with van der Waals surface area (Å²) in [5.41, 5.74) is 6.71. The molecule has 0 fully saturated rings. The number of nitrogens with two attached hydrogens (primary N) is 1. The minimum atomic E-state index is -1.49. The normalized spacial score (nSPS) is 13.6. The number of rotatable bonds is 21. The number of alkyl carbamates (subject to hydrolysis) is 1. The Morgan fingerprint density at radius 2 is 1.55 bits per heavy atom.